The lowest BCUT2D eigenvalue weighted by Crippen LogP contribution is -2.27. The molecule has 0 aromatic heterocycles. The molecule has 2 aromatic carbocycles. The van der Waals surface area contributed by atoms with Gasteiger partial charge in [0.1, 0.15) is 59.7 Å². The smallest absolute Gasteiger partial charge is 0.209 e. The molecule has 2 atom stereocenters. The Bertz CT molecular complexity index is 3500. The first-order valence-corrected chi connectivity index (χ1v) is 25.3. The zero-order valence-electron chi connectivity index (χ0n) is 43.4. The first kappa shape index (κ1) is 52.5. The molecule has 0 fully saturated rings. The minimum absolute atomic E-state index is 0.000262. The Morgan fingerprint density at radius 1 is 0.676 bits per heavy atom. The lowest BCUT2D eigenvalue weighted by molar-refractivity contribution is -0.401. The molecule has 12 heteroatoms. The fourth-order valence-electron chi connectivity index (χ4n) is 11.6. The average Bonchev–Trinajstić information content (AvgIpc) is 3.94. The third kappa shape index (κ3) is 9.04. The number of benzene rings is 2. The van der Waals surface area contributed by atoms with Gasteiger partial charge in [-0.3, -0.25) is 5.41 Å². The van der Waals surface area contributed by atoms with Crippen LogP contribution in [-0.2, 0) is 20.3 Å². The molecule has 1 N–H and O–H groups in total. The minimum Gasteiger partial charge on any atom is -0.480 e. The lowest BCUT2D eigenvalue weighted by Gasteiger charge is -2.36. The zero-order valence-corrected chi connectivity index (χ0v) is 44.9. The van der Waals surface area contributed by atoms with Gasteiger partial charge in [0, 0.05) is 68.6 Å². The van der Waals surface area contributed by atoms with Crippen LogP contribution in [0.25, 0.3) is 0 Å². The van der Waals surface area contributed by atoms with E-state index in [1.165, 1.54) is 22.5 Å². The second-order valence-corrected chi connectivity index (χ2v) is 22.2. The van der Waals surface area contributed by atoms with Crippen molar-refractivity contribution in [3.8, 4) is 30.3 Å². The molecule has 0 saturated heterocycles. The van der Waals surface area contributed by atoms with Gasteiger partial charge in [-0.25, -0.2) is 0 Å². The molecule has 370 valence electrons. The summed E-state index contributed by atoms with van der Waals surface area (Å²) >= 11 is 15.1. The van der Waals surface area contributed by atoms with E-state index in [9.17, 15) is 26.3 Å². The number of nitrogens with one attached hydrogen (secondary N) is 1. The molecule has 0 spiro atoms. The van der Waals surface area contributed by atoms with E-state index >= 15 is 0 Å². The van der Waals surface area contributed by atoms with Crippen molar-refractivity contribution in [2.24, 2.45) is 11.8 Å². The number of nitrogens with zero attached hydrogens (tertiary/aromatic N) is 7. The van der Waals surface area contributed by atoms with Gasteiger partial charge in [0.25, 0.3) is 0 Å². The highest BCUT2D eigenvalue weighted by atomic mass is 35.5. The van der Waals surface area contributed by atoms with E-state index in [0.29, 0.717) is 41.9 Å². The molecule has 74 heavy (non-hydrogen) atoms. The molecule has 6 aliphatic rings. The molecular formula is C62H57Cl2N8O2+. The van der Waals surface area contributed by atoms with Crippen molar-refractivity contribution in [2.45, 2.75) is 103 Å². The van der Waals surface area contributed by atoms with Gasteiger partial charge in [0.2, 0.25) is 5.69 Å². The van der Waals surface area contributed by atoms with Crippen molar-refractivity contribution in [1.82, 2.24) is 0 Å². The van der Waals surface area contributed by atoms with E-state index in [0.717, 1.165) is 38.7 Å². The van der Waals surface area contributed by atoms with Crippen LogP contribution < -0.4 is 4.90 Å². The Balaban J connectivity index is 1.27. The van der Waals surface area contributed by atoms with E-state index in [2.05, 4.69) is 142 Å². The van der Waals surface area contributed by atoms with Gasteiger partial charge < -0.3 is 14.4 Å². The second-order valence-electron chi connectivity index (χ2n) is 21.5. The van der Waals surface area contributed by atoms with Crippen LogP contribution in [0.1, 0.15) is 92.2 Å². The van der Waals surface area contributed by atoms with E-state index in [4.69, 9.17) is 38.1 Å². The maximum Gasteiger partial charge on any atom is 0.209 e. The van der Waals surface area contributed by atoms with Gasteiger partial charge in [-0.1, -0.05) is 110 Å². The first-order valence-electron chi connectivity index (χ1n) is 24.5. The third-order valence-corrected chi connectivity index (χ3v) is 16.5. The largest absolute Gasteiger partial charge is 0.480 e. The van der Waals surface area contributed by atoms with Crippen LogP contribution >= 0.6 is 23.2 Å². The quantitative estimate of drug-likeness (QED) is 0.155. The summed E-state index contributed by atoms with van der Waals surface area (Å²) in [7, 11) is 4.22. The highest BCUT2D eigenvalue weighted by Gasteiger charge is 2.44. The molecule has 4 heterocycles. The summed E-state index contributed by atoms with van der Waals surface area (Å²) in [5.74, 6) is 2.12. The van der Waals surface area contributed by atoms with Crippen LogP contribution in [0.3, 0.4) is 0 Å². The number of para-hydroxylation sites is 2. The summed E-state index contributed by atoms with van der Waals surface area (Å²) in [5.41, 5.74) is 8.97. The van der Waals surface area contributed by atoms with Crippen molar-refractivity contribution in [1.29, 1.82) is 31.7 Å². The van der Waals surface area contributed by atoms with Gasteiger partial charge in [-0.15, -0.1) is 0 Å². The Morgan fingerprint density at radius 2 is 1.24 bits per heavy atom. The van der Waals surface area contributed by atoms with Crippen LogP contribution in [0, 0.1) is 73.9 Å². The number of anilines is 1. The molecule has 8 rings (SSSR count). The molecule has 0 saturated carbocycles. The molecule has 0 radical (unpaired) electrons. The Morgan fingerprint density at radius 3 is 1.80 bits per heavy atom. The SMILES string of the molecule is CN1/C(=C/C=C2\CC(C3CC(/C=C/C4=C(C#N)C(=C(C#N)C#N)OC4(C)C)=C(Cl)C(=C/C=C4/C(C#N)=C(C(=C=N)C#N)OC4(C)C)/C3)CC(/C=C/C3=[N+](C)c4ccccc4C3(C)C)=C2Cl)C(C)(C)c2ccccc21. The normalized spacial score (nSPS) is 24.5. The van der Waals surface area contributed by atoms with Crippen molar-refractivity contribution in [3.05, 3.63) is 191 Å². The predicted molar refractivity (Wildman–Crippen MR) is 291 cm³/mol. The number of likely N-dealkylation sites (N-methyl/N-ethyl adjacent to an activating group) is 1. The van der Waals surface area contributed by atoms with Crippen LogP contribution in [0.2, 0.25) is 0 Å². The summed E-state index contributed by atoms with van der Waals surface area (Å²) < 4.78 is 14.5. The first-order chi connectivity index (χ1) is 35.1. The highest BCUT2D eigenvalue weighted by Crippen LogP contribution is 2.51. The van der Waals surface area contributed by atoms with Crippen LogP contribution in [-0.4, -0.2) is 41.5 Å². The molecule has 0 bridgehead atoms. The van der Waals surface area contributed by atoms with Gasteiger partial charge >= 0.3 is 0 Å². The second kappa shape index (κ2) is 19.9. The number of ether oxygens (including phenoxy) is 2. The van der Waals surface area contributed by atoms with Crippen molar-refractivity contribution in [3.63, 3.8) is 0 Å². The Hall–Kier alpha value is -7.87. The van der Waals surface area contributed by atoms with Crippen LogP contribution in [0.15, 0.2) is 180 Å². The van der Waals surface area contributed by atoms with Gasteiger partial charge in [-0.2, -0.15) is 30.9 Å². The van der Waals surface area contributed by atoms with E-state index in [1.54, 1.807) is 33.8 Å². The summed E-state index contributed by atoms with van der Waals surface area (Å²) in [6, 6.07) is 27.0. The number of nitriles is 5. The lowest BCUT2D eigenvalue weighted by atomic mass is 9.70. The summed E-state index contributed by atoms with van der Waals surface area (Å²) in [6.07, 6.45) is 18.7. The number of hydrogen-bond acceptors (Lipinski definition) is 9. The van der Waals surface area contributed by atoms with E-state index in [1.807, 2.05) is 36.4 Å². The van der Waals surface area contributed by atoms with Gasteiger partial charge in [-0.05, 0) is 119 Å². The zero-order chi connectivity index (χ0) is 53.7. The number of halogens is 2. The van der Waals surface area contributed by atoms with Gasteiger partial charge in [0.15, 0.2) is 28.4 Å². The number of fused-ring (bicyclic) bond motifs is 2. The van der Waals surface area contributed by atoms with Gasteiger partial charge in [0.05, 0.1) is 5.41 Å². The number of allylic oxidation sites excluding steroid dienone is 17. The summed E-state index contributed by atoms with van der Waals surface area (Å²) in [5, 5.41) is 59.1. The van der Waals surface area contributed by atoms with Crippen LogP contribution in [0.5, 0.6) is 0 Å². The standard InChI is InChI=1S/C62H57Cl2N8O2/c1-59(2)49-15-11-13-17-51(49)71(9)53(59)25-21-39-29-42(30-40(56(39)64)22-26-54-60(3,4)50-16-12-14-18-52(50)72(54)10)41-27-37(19-23-47-45(35-69)57(43(31-65)32-66)73-61(47,5)6)55(63)38(28-41)20-24-48-46(36-70)58(44(33-67)34-68)74-62(48,7)8/h11-26,41-42,65H,27-30H2,1-10H3/q+1/b24-20+,37-19+,47-23-. The molecule has 4 aliphatic heterocycles. The molecule has 2 aromatic rings. The third-order valence-electron chi connectivity index (χ3n) is 15.5. The van der Waals surface area contributed by atoms with Crippen molar-refractivity contribution < 1.29 is 14.0 Å². The maximum atomic E-state index is 10.4. The Labute approximate surface area is 445 Å². The molecule has 2 unspecified atom stereocenters. The molecule has 10 nitrogen and oxygen atoms in total. The highest BCUT2D eigenvalue weighted by molar-refractivity contribution is 6.33. The van der Waals surface area contributed by atoms with E-state index in [-0.39, 0.29) is 56.5 Å². The fourth-order valence-corrected chi connectivity index (χ4v) is 12.1. The van der Waals surface area contributed by atoms with Crippen LogP contribution in [0.4, 0.5) is 11.4 Å². The Kier molecular flexibility index (Phi) is 14.1. The molecule has 2 aliphatic carbocycles. The molecule has 0 amide bonds. The number of hydrogen-bond donors (Lipinski definition) is 1. The monoisotopic (exact) mass is 1020 g/mol. The van der Waals surface area contributed by atoms with Crippen molar-refractivity contribution >= 4 is 46.2 Å². The fraction of sp³-hybridized carbons (Fsp3) is 0.323. The molecular weight excluding hydrogens is 960 g/mol. The van der Waals surface area contributed by atoms with E-state index < -0.39 is 11.2 Å². The summed E-state index contributed by atoms with van der Waals surface area (Å²) in [4.78, 5) is 2.26. The number of rotatable bonds is 8. The maximum absolute atomic E-state index is 10.4. The predicted octanol–water partition coefficient (Wildman–Crippen LogP) is 13.9. The topological polar surface area (TPSA) is 168 Å². The van der Waals surface area contributed by atoms with Crippen molar-refractivity contribution in [2.75, 3.05) is 19.0 Å². The average molecular weight is 1020 g/mol. The minimum atomic E-state index is -1.05. The summed E-state index contributed by atoms with van der Waals surface area (Å²) in [6.45, 7) is 16.2.